The fourth-order valence-corrected chi connectivity index (χ4v) is 1.94. The molecule has 0 aliphatic carbocycles. The lowest BCUT2D eigenvalue weighted by atomic mass is 10.1. The molecule has 0 spiro atoms. The first-order valence-electron chi connectivity index (χ1n) is 6.84. The summed E-state index contributed by atoms with van der Waals surface area (Å²) in [6.45, 7) is 7.28. The maximum absolute atomic E-state index is 11.8. The Labute approximate surface area is 110 Å². The molecule has 2 amide bonds. The maximum atomic E-state index is 11.8. The van der Waals surface area contributed by atoms with Crippen molar-refractivity contribution in [2.24, 2.45) is 5.92 Å². The van der Waals surface area contributed by atoms with Crippen molar-refractivity contribution in [1.82, 2.24) is 10.2 Å². The van der Waals surface area contributed by atoms with E-state index < -0.39 is 0 Å². The van der Waals surface area contributed by atoms with Crippen LogP contribution in [0.1, 0.15) is 33.1 Å². The highest BCUT2D eigenvalue weighted by Gasteiger charge is 2.11. The Kier molecular flexibility index (Phi) is 6.80. The van der Waals surface area contributed by atoms with Gasteiger partial charge in [0.1, 0.15) is 0 Å². The van der Waals surface area contributed by atoms with Crippen molar-refractivity contribution in [3.63, 3.8) is 0 Å². The van der Waals surface area contributed by atoms with E-state index in [2.05, 4.69) is 25.2 Å². The average Bonchev–Trinajstić information content (AvgIpc) is 2.35. The molecule has 1 N–H and O–H groups in total. The van der Waals surface area contributed by atoms with Gasteiger partial charge in [-0.25, -0.2) is 4.79 Å². The second kappa shape index (κ2) is 8.14. The van der Waals surface area contributed by atoms with E-state index in [1.807, 2.05) is 7.05 Å². The lowest BCUT2D eigenvalue weighted by Gasteiger charge is -2.21. The smallest absolute Gasteiger partial charge is 0.317 e. The molecule has 0 saturated heterocycles. The van der Waals surface area contributed by atoms with Crippen LogP contribution in [0.3, 0.4) is 0 Å². The normalized spacial score (nSPS) is 15.4. The minimum absolute atomic E-state index is 0.00484. The SMILES string of the molecule is CC(C)CCCNC(=O)N(C)CC1=CCCOC1. The molecule has 1 heterocycles. The lowest BCUT2D eigenvalue weighted by Crippen LogP contribution is -2.39. The highest BCUT2D eigenvalue weighted by Crippen LogP contribution is 2.07. The zero-order valence-corrected chi connectivity index (χ0v) is 11.9. The summed E-state index contributed by atoms with van der Waals surface area (Å²) in [5.74, 6) is 0.698. The number of nitrogens with one attached hydrogen (secondary N) is 1. The molecule has 0 radical (unpaired) electrons. The maximum Gasteiger partial charge on any atom is 0.317 e. The van der Waals surface area contributed by atoms with E-state index in [0.717, 1.165) is 32.4 Å². The number of amides is 2. The Morgan fingerprint density at radius 3 is 2.94 bits per heavy atom. The summed E-state index contributed by atoms with van der Waals surface area (Å²) in [5, 5.41) is 2.95. The first kappa shape index (κ1) is 15.0. The van der Waals surface area contributed by atoms with Crippen LogP contribution >= 0.6 is 0 Å². The predicted octanol–water partition coefficient (Wildman–Crippen LogP) is 2.41. The van der Waals surface area contributed by atoms with Gasteiger partial charge in [0, 0.05) is 20.1 Å². The fraction of sp³-hybridized carbons (Fsp3) is 0.786. The second-order valence-electron chi connectivity index (χ2n) is 5.33. The van der Waals surface area contributed by atoms with Gasteiger partial charge in [-0.05, 0) is 30.8 Å². The van der Waals surface area contributed by atoms with Gasteiger partial charge in [-0.2, -0.15) is 0 Å². The molecule has 1 aliphatic rings. The highest BCUT2D eigenvalue weighted by molar-refractivity contribution is 5.74. The first-order chi connectivity index (χ1) is 8.59. The third-order valence-corrected chi connectivity index (χ3v) is 3.00. The van der Waals surface area contributed by atoms with Crippen LogP contribution in [0, 0.1) is 5.92 Å². The number of ether oxygens (including phenoxy) is 1. The van der Waals surface area contributed by atoms with Gasteiger partial charge in [0.2, 0.25) is 0 Å². The van der Waals surface area contributed by atoms with Crippen LogP contribution in [0.5, 0.6) is 0 Å². The second-order valence-corrected chi connectivity index (χ2v) is 5.33. The van der Waals surface area contributed by atoms with Gasteiger partial charge in [0.25, 0.3) is 0 Å². The fourth-order valence-electron chi connectivity index (χ4n) is 1.94. The minimum Gasteiger partial charge on any atom is -0.377 e. The van der Waals surface area contributed by atoms with Crippen LogP contribution in [0.25, 0.3) is 0 Å². The predicted molar refractivity (Wildman–Crippen MR) is 73.6 cm³/mol. The highest BCUT2D eigenvalue weighted by atomic mass is 16.5. The summed E-state index contributed by atoms with van der Waals surface area (Å²) in [7, 11) is 1.83. The third-order valence-electron chi connectivity index (χ3n) is 3.00. The molecule has 1 rings (SSSR count). The van der Waals surface area contributed by atoms with Crippen LogP contribution in [0.4, 0.5) is 4.79 Å². The topological polar surface area (TPSA) is 41.6 Å². The Morgan fingerprint density at radius 2 is 2.33 bits per heavy atom. The van der Waals surface area contributed by atoms with Gasteiger partial charge < -0.3 is 15.0 Å². The standard InChI is InChI=1S/C14H26N2O2/c1-12(2)6-4-8-15-14(17)16(3)10-13-7-5-9-18-11-13/h7,12H,4-6,8-11H2,1-3H3,(H,15,17). The Hall–Kier alpha value is -1.03. The van der Waals surface area contributed by atoms with Gasteiger partial charge in [-0.15, -0.1) is 0 Å². The van der Waals surface area contributed by atoms with E-state index in [-0.39, 0.29) is 6.03 Å². The molecule has 0 saturated carbocycles. The molecule has 0 aromatic rings. The molecule has 1 aliphatic heterocycles. The number of hydrogen-bond donors (Lipinski definition) is 1. The van der Waals surface area contributed by atoms with Crippen LogP contribution in [0.2, 0.25) is 0 Å². The van der Waals surface area contributed by atoms with Crippen molar-refractivity contribution in [1.29, 1.82) is 0 Å². The monoisotopic (exact) mass is 254 g/mol. The molecule has 0 unspecified atom stereocenters. The largest absolute Gasteiger partial charge is 0.377 e. The number of rotatable bonds is 6. The Bertz CT molecular complexity index is 288. The number of carbonyl (C=O) groups is 1. The van der Waals surface area contributed by atoms with Crippen LogP contribution in [-0.2, 0) is 4.74 Å². The van der Waals surface area contributed by atoms with Gasteiger partial charge in [-0.1, -0.05) is 19.9 Å². The number of likely N-dealkylation sites (N-methyl/N-ethyl adjacent to an activating group) is 1. The van der Waals surface area contributed by atoms with Crippen molar-refractivity contribution in [3.05, 3.63) is 11.6 Å². The van der Waals surface area contributed by atoms with Gasteiger partial charge in [-0.3, -0.25) is 0 Å². The third kappa shape index (κ3) is 6.05. The van der Waals surface area contributed by atoms with Gasteiger partial charge in [0.15, 0.2) is 0 Å². The summed E-state index contributed by atoms with van der Waals surface area (Å²) in [6, 6.07) is 0.00484. The summed E-state index contributed by atoms with van der Waals surface area (Å²) >= 11 is 0. The molecular formula is C14H26N2O2. The molecule has 0 atom stereocenters. The Morgan fingerprint density at radius 1 is 1.56 bits per heavy atom. The molecule has 0 fully saturated rings. The molecule has 104 valence electrons. The van der Waals surface area contributed by atoms with E-state index in [9.17, 15) is 4.79 Å². The zero-order valence-electron chi connectivity index (χ0n) is 11.9. The van der Waals surface area contributed by atoms with Crippen molar-refractivity contribution >= 4 is 6.03 Å². The van der Waals surface area contributed by atoms with E-state index in [4.69, 9.17) is 4.74 Å². The summed E-state index contributed by atoms with van der Waals surface area (Å²) < 4.78 is 5.36. The van der Waals surface area contributed by atoms with Gasteiger partial charge >= 0.3 is 6.03 Å². The quantitative estimate of drug-likeness (QED) is 0.584. The van der Waals surface area contributed by atoms with Gasteiger partial charge in [0.05, 0.1) is 13.2 Å². The average molecular weight is 254 g/mol. The number of urea groups is 1. The molecule has 0 aromatic carbocycles. The van der Waals surface area contributed by atoms with Crippen molar-refractivity contribution < 1.29 is 9.53 Å². The van der Waals surface area contributed by atoms with E-state index in [1.165, 1.54) is 5.57 Å². The molecule has 4 nitrogen and oxygen atoms in total. The lowest BCUT2D eigenvalue weighted by molar-refractivity contribution is 0.144. The van der Waals surface area contributed by atoms with Crippen molar-refractivity contribution in [2.45, 2.75) is 33.1 Å². The van der Waals surface area contributed by atoms with E-state index in [1.54, 1.807) is 4.90 Å². The molecule has 0 bridgehead atoms. The molecule has 4 heteroatoms. The summed E-state index contributed by atoms with van der Waals surface area (Å²) in [5.41, 5.74) is 1.20. The molecule has 18 heavy (non-hydrogen) atoms. The number of carbonyl (C=O) groups excluding carboxylic acids is 1. The number of nitrogens with zero attached hydrogens (tertiary/aromatic N) is 1. The number of hydrogen-bond acceptors (Lipinski definition) is 2. The zero-order chi connectivity index (χ0) is 13.4. The van der Waals surface area contributed by atoms with E-state index >= 15 is 0 Å². The summed E-state index contributed by atoms with van der Waals surface area (Å²) in [4.78, 5) is 13.5. The first-order valence-corrected chi connectivity index (χ1v) is 6.84. The van der Waals surface area contributed by atoms with Crippen LogP contribution in [0.15, 0.2) is 11.6 Å². The van der Waals surface area contributed by atoms with Crippen molar-refractivity contribution in [2.75, 3.05) is 33.4 Å². The van der Waals surface area contributed by atoms with Crippen molar-refractivity contribution in [3.8, 4) is 0 Å². The molecule has 0 aromatic heterocycles. The van der Waals surface area contributed by atoms with Crippen LogP contribution < -0.4 is 5.32 Å². The summed E-state index contributed by atoms with van der Waals surface area (Å²) in [6.07, 6.45) is 5.33. The minimum atomic E-state index is 0.00484. The van der Waals surface area contributed by atoms with Crippen LogP contribution in [-0.4, -0.2) is 44.3 Å². The Balaban J connectivity index is 2.18. The van der Waals surface area contributed by atoms with E-state index in [0.29, 0.717) is 19.1 Å². The molecular weight excluding hydrogens is 228 g/mol.